The highest BCUT2D eigenvalue weighted by molar-refractivity contribution is 6.11. The van der Waals surface area contributed by atoms with Crippen LogP contribution >= 0.6 is 0 Å². The number of fused-ring (bicyclic) bond motifs is 8. The molecular weight excluding hydrogens is 691 g/mol. The van der Waals surface area contributed by atoms with Crippen LogP contribution in [0, 0.1) is 0 Å². The van der Waals surface area contributed by atoms with Gasteiger partial charge in [0.15, 0.2) is 0 Å². The molecule has 10 aromatic rings. The second-order valence-corrected chi connectivity index (χ2v) is 15.7. The summed E-state index contributed by atoms with van der Waals surface area (Å²) in [4.78, 5) is 9.94. The number of benzene rings is 9. The Kier molecular flexibility index (Phi) is 7.52. The Morgan fingerprint density at radius 1 is 0.386 bits per heavy atom. The zero-order valence-corrected chi connectivity index (χ0v) is 31.9. The summed E-state index contributed by atoms with van der Waals surface area (Å²) in [6.07, 6.45) is 2.03. The van der Waals surface area contributed by atoms with Gasteiger partial charge in [-0.05, 0) is 122 Å². The van der Waals surface area contributed by atoms with Gasteiger partial charge >= 0.3 is 0 Å². The molecular formula is C54H39N3. The summed E-state index contributed by atoms with van der Waals surface area (Å²) in [6.45, 7) is 4.77. The summed E-state index contributed by atoms with van der Waals surface area (Å²) in [5.41, 5.74) is 12.6. The highest BCUT2D eigenvalue weighted by Crippen LogP contribution is 2.55. The van der Waals surface area contributed by atoms with Crippen LogP contribution in [0.1, 0.15) is 25.0 Å². The van der Waals surface area contributed by atoms with E-state index >= 15 is 0 Å². The molecule has 57 heavy (non-hydrogen) atoms. The fraction of sp³-hybridized carbons (Fsp3) is 0.0556. The topological polar surface area (TPSA) is 19.4 Å². The molecule has 1 heterocycles. The molecule has 9 aromatic carbocycles. The molecule has 3 nitrogen and oxygen atoms in total. The molecule has 1 aliphatic carbocycles. The summed E-state index contributed by atoms with van der Waals surface area (Å²) in [7, 11) is 0. The van der Waals surface area contributed by atoms with Crippen molar-refractivity contribution in [3.05, 3.63) is 211 Å². The average Bonchev–Trinajstić information content (AvgIpc) is 3.48. The third-order valence-electron chi connectivity index (χ3n) is 12.0. The van der Waals surface area contributed by atoms with Crippen molar-refractivity contribution in [2.75, 3.05) is 9.80 Å². The van der Waals surface area contributed by atoms with Crippen LogP contribution in [0.15, 0.2) is 200 Å². The maximum absolute atomic E-state index is 5.19. The van der Waals surface area contributed by atoms with E-state index in [0.717, 1.165) is 39.3 Å². The monoisotopic (exact) mass is 729 g/mol. The minimum absolute atomic E-state index is 0.267. The first-order chi connectivity index (χ1) is 28.0. The maximum Gasteiger partial charge on any atom is 0.0710 e. The SMILES string of the molecule is CC1(C)c2cc3cc(N(c4ccccc4)c4ccc5ccccc5c4)cnc3cc2-c2c1cc(N(c1ccccc1)c1ccc3ccccc3c1)c1ccccc21. The van der Waals surface area contributed by atoms with Gasteiger partial charge in [-0.1, -0.05) is 135 Å². The van der Waals surface area contributed by atoms with Crippen molar-refractivity contribution >= 4 is 77.3 Å². The second-order valence-electron chi connectivity index (χ2n) is 15.7. The predicted octanol–water partition coefficient (Wildman–Crippen LogP) is 14.9. The Morgan fingerprint density at radius 3 is 1.56 bits per heavy atom. The van der Waals surface area contributed by atoms with Crippen molar-refractivity contribution < 1.29 is 0 Å². The third-order valence-corrected chi connectivity index (χ3v) is 12.0. The molecule has 11 rings (SSSR count). The second kappa shape index (κ2) is 12.9. The first-order valence-corrected chi connectivity index (χ1v) is 19.7. The number of pyridine rings is 1. The summed E-state index contributed by atoms with van der Waals surface area (Å²) in [5, 5.41) is 8.48. The highest BCUT2D eigenvalue weighted by Gasteiger charge is 2.38. The molecule has 0 amide bonds. The zero-order chi connectivity index (χ0) is 38.1. The molecule has 0 atom stereocenters. The normalized spacial score (nSPS) is 12.9. The molecule has 0 saturated carbocycles. The molecule has 0 fully saturated rings. The van der Waals surface area contributed by atoms with Gasteiger partial charge in [0.2, 0.25) is 0 Å². The van der Waals surface area contributed by atoms with Crippen LogP contribution in [0.2, 0.25) is 0 Å². The number of anilines is 6. The summed E-state index contributed by atoms with van der Waals surface area (Å²) < 4.78 is 0. The van der Waals surface area contributed by atoms with Gasteiger partial charge in [-0.15, -0.1) is 0 Å². The molecule has 0 radical (unpaired) electrons. The Morgan fingerprint density at radius 2 is 0.912 bits per heavy atom. The summed E-state index contributed by atoms with van der Waals surface area (Å²) >= 11 is 0. The van der Waals surface area contributed by atoms with Crippen molar-refractivity contribution in [1.82, 2.24) is 4.98 Å². The Bertz CT molecular complexity index is 3170. The van der Waals surface area contributed by atoms with Crippen LogP contribution in [-0.4, -0.2) is 4.98 Å². The van der Waals surface area contributed by atoms with Crippen LogP contribution < -0.4 is 9.80 Å². The van der Waals surface area contributed by atoms with Crippen molar-refractivity contribution in [2.45, 2.75) is 19.3 Å². The molecule has 270 valence electrons. The number of hydrogen-bond donors (Lipinski definition) is 0. The predicted molar refractivity (Wildman–Crippen MR) is 241 cm³/mol. The van der Waals surface area contributed by atoms with Crippen LogP contribution in [0.4, 0.5) is 34.1 Å². The van der Waals surface area contributed by atoms with E-state index in [2.05, 4.69) is 218 Å². The fourth-order valence-electron chi connectivity index (χ4n) is 9.14. The van der Waals surface area contributed by atoms with E-state index in [1.165, 1.54) is 60.3 Å². The van der Waals surface area contributed by atoms with Crippen molar-refractivity contribution in [2.24, 2.45) is 0 Å². The number of aromatic nitrogens is 1. The van der Waals surface area contributed by atoms with E-state index in [1.54, 1.807) is 0 Å². The molecule has 0 spiro atoms. The van der Waals surface area contributed by atoms with Crippen molar-refractivity contribution in [3.8, 4) is 11.1 Å². The molecule has 0 bridgehead atoms. The lowest BCUT2D eigenvalue weighted by Gasteiger charge is -2.30. The third kappa shape index (κ3) is 5.38. The molecule has 0 N–H and O–H groups in total. The summed E-state index contributed by atoms with van der Waals surface area (Å²) in [5.74, 6) is 0. The minimum Gasteiger partial charge on any atom is -0.310 e. The first kappa shape index (κ1) is 33.1. The van der Waals surface area contributed by atoms with E-state index in [4.69, 9.17) is 4.98 Å². The molecule has 0 aliphatic heterocycles. The molecule has 1 aromatic heterocycles. The lowest BCUT2D eigenvalue weighted by atomic mass is 9.81. The van der Waals surface area contributed by atoms with Gasteiger partial charge in [-0.2, -0.15) is 0 Å². The van der Waals surface area contributed by atoms with Crippen molar-refractivity contribution in [1.29, 1.82) is 0 Å². The molecule has 0 unspecified atom stereocenters. The number of hydrogen-bond acceptors (Lipinski definition) is 3. The van der Waals surface area contributed by atoms with Gasteiger partial charge in [-0.25, -0.2) is 0 Å². The first-order valence-electron chi connectivity index (χ1n) is 19.7. The largest absolute Gasteiger partial charge is 0.310 e. The lowest BCUT2D eigenvalue weighted by molar-refractivity contribution is 0.661. The Hall–Kier alpha value is -7.23. The van der Waals surface area contributed by atoms with Crippen molar-refractivity contribution in [3.63, 3.8) is 0 Å². The number of nitrogens with zero attached hydrogens (tertiary/aromatic N) is 3. The Labute approximate surface area is 332 Å². The maximum atomic E-state index is 5.19. The van der Waals surface area contributed by atoms with Crippen LogP contribution in [0.3, 0.4) is 0 Å². The fourth-order valence-corrected chi connectivity index (χ4v) is 9.14. The molecule has 1 aliphatic rings. The number of para-hydroxylation sites is 2. The number of rotatable bonds is 6. The highest BCUT2D eigenvalue weighted by atomic mass is 15.2. The van der Waals surface area contributed by atoms with Crippen LogP contribution in [0.5, 0.6) is 0 Å². The molecule has 3 heteroatoms. The van der Waals surface area contributed by atoms with E-state index in [0.29, 0.717) is 0 Å². The van der Waals surface area contributed by atoms with Gasteiger partial charge in [0.25, 0.3) is 0 Å². The van der Waals surface area contributed by atoms with Gasteiger partial charge in [0.05, 0.1) is 23.1 Å². The summed E-state index contributed by atoms with van der Waals surface area (Å²) in [6, 6.07) is 70.4. The van der Waals surface area contributed by atoms with Crippen LogP contribution in [0.25, 0.3) is 54.3 Å². The standard InChI is InChI=1S/C54H39N3/c1-54(2)49-32-40-31-45(56(41-19-5-3-6-20-41)43-27-25-36-15-9-11-17-38(36)29-43)35-55-51(40)33-48(49)53-47-24-14-13-23-46(47)52(34-50(53)54)57(42-21-7-4-8-22-42)44-28-26-37-16-10-12-18-39(37)30-44/h3-35H,1-2H3. The average molecular weight is 730 g/mol. The van der Waals surface area contributed by atoms with Gasteiger partial charge in [-0.3, -0.25) is 4.98 Å². The smallest absolute Gasteiger partial charge is 0.0710 e. The van der Waals surface area contributed by atoms with Gasteiger partial charge in [0, 0.05) is 38.9 Å². The van der Waals surface area contributed by atoms with E-state index < -0.39 is 0 Å². The quantitative estimate of drug-likeness (QED) is 0.170. The van der Waals surface area contributed by atoms with Crippen LogP contribution in [-0.2, 0) is 5.41 Å². The minimum atomic E-state index is -0.267. The zero-order valence-electron chi connectivity index (χ0n) is 31.9. The lowest BCUT2D eigenvalue weighted by Crippen LogP contribution is -2.17. The molecule has 0 saturated heterocycles. The van der Waals surface area contributed by atoms with Gasteiger partial charge < -0.3 is 9.80 Å². The van der Waals surface area contributed by atoms with E-state index in [1.807, 2.05) is 6.20 Å². The Balaban J connectivity index is 1.09. The van der Waals surface area contributed by atoms with Gasteiger partial charge in [0.1, 0.15) is 0 Å². The van der Waals surface area contributed by atoms with E-state index in [-0.39, 0.29) is 5.41 Å². The van der Waals surface area contributed by atoms with E-state index in [9.17, 15) is 0 Å².